The Morgan fingerprint density at radius 2 is 1.86 bits per heavy atom. The molecule has 0 aromatic heterocycles. The Bertz CT molecular complexity index is 471. The van der Waals surface area contributed by atoms with Gasteiger partial charge in [-0.05, 0) is 18.4 Å². The van der Waals surface area contributed by atoms with Crippen molar-refractivity contribution in [2.75, 3.05) is 7.11 Å². The molecule has 0 radical (unpaired) electrons. The van der Waals surface area contributed by atoms with E-state index in [1.165, 1.54) is 12.7 Å². The highest BCUT2D eigenvalue weighted by molar-refractivity contribution is 5.83. The van der Waals surface area contributed by atoms with Crippen LogP contribution in [-0.2, 0) is 16.1 Å². The molecule has 0 fully saturated rings. The van der Waals surface area contributed by atoms with Gasteiger partial charge in [-0.2, -0.15) is 0 Å². The van der Waals surface area contributed by atoms with Gasteiger partial charge < -0.3 is 15.4 Å². The minimum Gasteiger partial charge on any atom is -0.467 e. The van der Waals surface area contributed by atoms with Crippen LogP contribution in [0, 0.1) is 12.8 Å². The normalized spacial score (nSPS) is 13.1. The largest absolute Gasteiger partial charge is 0.467 e. The molecule has 0 saturated heterocycles. The maximum absolute atomic E-state index is 11.9. The molecule has 2 atom stereocenters. The lowest BCUT2D eigenvalue weighted by Crippen LogP contribution is -2.49. The van der Waals surface area contributed by atoms with E-state index in [1.807, 2.05) is 45.0 Å². The summed E-state index contributed by atoms with van der Waals surface area (Å²) >= 11 is 0. The molecule has 0 saturated carbocycles. The highest BCUT2D eigenvalue weighted by Gasteiger charge is 2.26. The van der Waals surface area contributed by atoms with Gasteiger partial charge in [-0.1, -0.05) is 50.1 Å². The van der Waals surface area contributed by atoms with E-state index in [2.05, 4.69) is 10.6 Å². The maximum Gasteiger partial charge on any atom is 0.328 e. The molecule has 0 aliphatic rings. The SMILES string of the molecule is CC[C@H](C)[C@@H](NC(=O)NCc1ccc(C)cc1)C(=O)OC. The second-order valence-corrected chi connectivity index (χ2v) is 5.20. The molecule has 116 valence electrons. The van der Waals surface area contributed by atoms with Crippen molar-refractivity contribution < 1.29 is 14.3 Å². The predicted octanol–water partition coefficient (Wildman–Crippen LogP) is 2.38. The first-order valence-electron chi connectivity index (χ1n) is 7.15. The number of urea groups is 1. The number of carbonyl (C=O) groups excluding carboxylic acids is 2. The van der Waals surface area contributed by atoms with E-state index in [9.17, 15) is 9.59 Å². The molecule has 0 unspecified atom stereocenters. The van der Waals surface area contributed by atoms with E-state index in [1.54, 1.807) is 0 Å². The second kappa shape index (κ2) is 8.29. The molecule has 1 aromatic rings. The molecule has 0 bridgehead atoms. The van der Waals surface area contributed by atoms with Crippen LogP contribution in [0.1, 0.15) is 31.4 Å². The van der Waals surface area contributed by atoms with Gasteiger partial charge in [0.05, 0.1) is 7.11 Å². The summed E-state index contributed by atoms with van der Waals surface area (Å²) in [5.41, 5.74) is 2.18. The third kappa shape index (κ3) is 5.45. The average Bonchev–Trinajstić information content (AvgIpc) is 2.50. The van der Waals surface area contributed by atoms with Gasteiger partial charge >= 0.3 is 12.0 Å². The van der Waals surface area contributed by atoms with Gasteiger partial charge in [0, 0.05) is 6.54 Å². The summed E-state index contributed by atoms with van der Waals surface area (Å²) in [7, 11) is 1.32. The van der Waals surface area contributed by atoms with Gasteiger partial charge in [0.25, 0.3) is 0 Å². The molecule has 0 aliphatic heterocycles. The van der Waals surface area contributed by atoms with Crippen molar-refractivity contribution in [2.45, 2.75) is 39.8 Å². The molecule has 0 spiro atoms. The van der Waals surface area contributed by atoms with Crippen LogP contribution in [0.15, 0.2) is 24.3 Å². The monoisotopic (exact) mass is 292 g/mol. The Hall–Kier alpha value is -2.04. The van der Waals surface area contributed by atoms with Crippen molar-refractivity contribution in [3.8, 4) is 0 Å². The molecule has 0 heterocycles. The third-order valence-electron chi connectivity index (χ3n) is 3.53. The molecule has 5 heteroatoms. The number of amides is 2. The Labute approximate surface area is 126 Å². The molecule has 2 N–H and O–H groups in total. The van der Waals surface area contributed by atoms with Crippen molar-refractivity contribution in [3.05, 3.63) is 35.4 Å². The summed E-state index contributed by atoms with van der Waals surface area (Å²) in [5, 5.41) is 5.42. The van der Waals surface area contributed by atoms with Crippen LogP contribution in [0.25, 0.3) is 0 Å². The van der Waals surface area contributed by atoms with Crippen LogP contribution in [-0.4, -0.2) is 25.2 Å². The van der Waals surface area contributed by atoms with E-state index < -0.39 is 12.0 Å². The Balaban J connectivity index is 2.53. The van der Waals surface area contributed by atoms with Crippen molar-refractivity contribution in [1.82, 2.24) is 10.6 Å². The molecule has 21 heavy (non-hydrogen) atoms. The zero-order chi connectivity index (χ0) is 15.8. The number of carbonyl (C=O) groups is 2. The van der Waals surface area contributed by atoms with Crippen LogP contribution in [0.4, 0.5) is 4.79 Å². The lowest BCUT2D eigenvalue weighted by atomic mass is 9.99. The predicted molar refractivity (Wildman–Crippen MR) is 81.8 cm³/mol. The highest BCUT2D eigenvalue weighted by Crippen LogP contribution is 2.09. The standard InChI is InChI=1S/C16H24N2O3/c1-5-12(3)14(15(19)21-4)18-16(20)17-10-13-8-6-11(2)7-9-13/h6-9,12,14H,5,10H2,1-4H3,(H2,17,18,20)/t12-,14+/m0/s1. The van der Waals surface area contributed by atoms with Crippen molar-refractivity contribution in [2.24, 2.45) is 5.92 Å². The number of methoxy groups -OCH3 is 1. The number of nitrogens with one attached hydrogen (secondary N) is 2. The van der Waals surface area contributed by atoms with Gasteiger partial charge in [0.15, 0.2) is 0 Å². The van der Waals surface area contributed by atoms with Crippen LogP contribution >= 0.6 is 0 Å². The van der Waals surface area contributed by atoms with Crippen molar-refractivity contribution >= 4 is 12.0 Å². The quantitative estimate of drug-likeness (QED) is 0.791. The number of benzene rings is 1. The van der Waals surface area contributed by atoms with E-state index in [4.69, 9.17) is 4.74 Å². The number of ether oxygens (including phenoxy) is 1. The summed E-state index contributed by atoms with van der Waals surface area (Å²) < 4.78 is 4.73. The topological polar surface area (TPSA) is 67.4 Å². The zero-order valence-corrected chi connectivity index (χ0v) is 13.1. The van der Waals surface area contributed by atoms with Gasteiger partial charge in [-0.25, -0.2) is 9.59 Å². The van der Waals surface area contributed by atoms with Gasteiger partial charge in [0.1, 0.15) is 6.04 Å². The number of hydrogen-bond acceptors (Lipinski definition) is 3. The van der Waals surface area contributed by atoms with E-state index in [-0.39, 0.29) is 11.9 Å². The molecular formula is C16H24N2O3. The Kier molecular flexibility index (Phi) is 6.72. The number of esters is 1. The molecule has 1 aromatic carbocycles. The first kappa shape index (κ1) is 17.0. The van der Waals surface area contributed by atoms with Crippen LogP contribution < -0.4 is 10.6 Å². The lowest BCUT2D eigenvalue weighted by Gasteiger charge is -2.22. The zero-order valence-electron chi connectivity index (χ0n) is 13.1. The third-order valence-corrected chi connectivity index (χ3v) is 3.53. The minimum atomic E-state index is -0.627. The first-order valence-corrected chi connectivity index (χ1v) is 7.15. The fourth-order valence-corrected chi connectivity index (χ4v) is 1.88. The summed E-state index contributed by atoms with van der Waals surface area (Å²) in [6.07, 6.45) is 0.776. The summed E-state index contributed by atoms with van der Waals surface area (Å²) in [4.78, 5) is 23.6. The molecule has 1 rings (SSSR count). The number of hydrogen-bond donors (Lipinski definition) is 2. The summed E-state index contributed by atoms with van der Waals surface area (Å²) in [6, 6.07) is 6.91. The fraction of sp³-hybridized carbons (Fsp3) is 0.500. The van der Waals surface area contributed by atoms with Crippen molar-refractivity contribution in [1.29, 1.82) is 0 Å². The van der Waals surface area contributed by atoms with E-state index in [0.29, 0.717) is 6.54 Å². The average molecular weight is 292 g/mol. The van der Waals surface area contributed by atoms with E-state index in [0.717, 1.165) is 12.0 Å². The van der Waals surface area contributed by atoms with Crippen molar-refractivity contribution in [3.63, 3.8) is 0 Å². The second-order valence-electron chi connectivity index (χ2n) is 5.20. The Morgan fingerprint density at radius 1 is 1.24 bits per heavy atom. The highest BCUT2D eigenvalue weighted by atomic mass is 16.5. The first-order chi connectivity index (χ1) is 9.97. The Morgan fingerprint density at radius 3 is 2.38 bits per heavy atom. The number of rotatable bonds is 6. The smallest absolute Gasteiger partial charge is 0.328 e. The molecule has 5 nitrogen and oxygen atoms in total. The minimum absolute atomic E-state index is 0.0163. The van der Waals surface area contributed by atoms with Crippen LogP contribution in [0.5, 0.6) is 0 Å². The molecule has 2 amide bonds. The van der Waals surface area contributed by atoms with Crippen LogP contribution in [0.2, 0.25) is 0 Å². The van der Waals surface area contributed by atoms with Crippen LogP contribution in [0.3, 0.4) is 0 Å². The van der Waals surface area contributed by atoms with Gasteiger partial charge in [-0.3, -0.25) is 0 Å². The lowest BCUT2D eigenvalue weighted by molar-refractivity contribution is -0.144. The maximum atomic E-state index is 11.9. The summed E-state index contributed by atoms with van der Waals surface area (Å²) in [6.45, 7) is 6.30. The van der Waals surface area contributed by atoms with Gasteiger partial charge in [-0.15, -0.1) is 0 Å². The summed E-state index contributed by atoms with van der Waals surface area (Å²) in [5.74, 6) is -0.405. The molecular weight excluding hydrogens is 268 g/mol. The van der Waals surface area contributed by atoms with E-state index >= 15 is 0 Å². The fourth-order valence-electron chi connectivity index (χ4n) is 1.88. The van der Waals surface area contributed by atoms with Gasteiger partial charge in [0.2, 0.25) is 0 Å². The molecule has 0 aliphatic carbocycles. The number of aryl methyl sites for hydroxylation is 1.